The maximum Gasteiger partial charge on any atom is 0.145 e. The molecule has 1 aliphatic rings. The van der Waals surface area contributed by atoms with Crippen LogP contribution in [0.4, 0.5) is 0 Å². The van der Waals surface area contributed by atoms with E-state index in [0.717, 1.165) is 17.9 Å². The minimum absolute atomic E-state index is 1.08. The van der Waals surface area contributed by atoms with Crippen LogP contribution in [-0.2, 0) is 4.79 Å². The van der Waals surface area contributed by atoms with Crippen molar-refractivity contribution in [2.45, 2.75) is 57.8 Å². The zero-order chi connectivity index (χ0) is 10.6. The molecular weight excluding hydrogens is 188 g/mol. The van der Waals surface area contributed by atoms with Crippen molar-refractivity contribution in [1.82, 2.24) is 0 Å². The van der Waals surface area contributed by atoms with Gasteiger partial charge in [0.05, 0.1) is 0 Å². The highest BCUT2D eigenvalue weighted by molar-refractivity contribution is 6.77. The lowest BCUT2D eigenvalue weighted by molar-refractivity contribution is -0.104. The van der Waals surface area contributed by atoms with Crippen molar-refractivity contribution in [3.8, 4) is 0 Å². The first kappa shape index (κ1) is 11.7. The minimum Gasteiger partial charge on any atom is -0.298 e. The summed E-state index contributed by atoms with van der Waals surface area (Å²) >= 11 is 0. The lowest BCUT2D eigenvalue weighted by Crippen LogP contribution is -2.21. The molecule has 0 aromatic carbocycles. The topological polar surface area (TPSA) is 17.1 Å². The van der Waals surface area contributed by atoms with Crippen molar-refractivity contribution >= 4 is 14.4 Å². The molecule has 1 saturated carbocycles. The molecule has 0 bridgehead atoms. The number of hydrogen-bond donors (Lipinski definition) is 0. The van der Waals surface area contributed by atoms with Gasteiger partial charge in [-0.25, -0.2) is 0 Å². The molecule has 0 unspecified atom stereocenters. The quantitative estimate of drug-likeness (QED) is 0.393. The zero-order valence-electron chi connectivity index (χ0n) is 9.73. The standard InChI is InChI=1S/C12H22OSi/c1-14(2,3)10-12(9-13)11-7-5-4-6-8-11/h9H,4-8,10H2,1-3H3. The molecule has 1 fully saturated rings. The number of aldehydes is 1. The minimum atomic E-state index is -1.11. The Labute approximate surface area is 88.6 Å². The Bertz CT molecular complexity index is 227. The molecule has 0 atom stereocenters. The predicted molar refractivity (Wildman–Crippen MR) is 64.3 cm³/mol. The summed E-state index contributed by atoms with van der Waals surface area (Å²) in [6.45, 7) is 7.00. The molecule has 14 heavy (non-hydrogen) atoms. The van der Waals surface area contributed by atoms with Gasteiger partial charge in [0.25, 0.3) is 0 Å². The summed E-state index contributed by atoms with van der Waals surface area (Å²) in [5, 5.41) is 0. The second-order valence-corrected chi connectivity index (χ2v) is 11.0. The van der Waals surface area contributed by atoms with Crippen molar-refractivity contribution in [3.63, 3.8) is 0 Å². The van der Waals surface area contributed by atoms with Gasteiger partial charge in [0.1, 0.15) is 6.29 Å². The van der Waals surface area contributed by atoms with Crippen molar-refractivity contribution in [2.24, 2.45) is 0 Å². The molecule has 0 saturated heterocycles. The maximum absolute atomic E-state index is 11.0. The molecule has 0 N–H and O–H groups in total. The Morgan fingerprint density at radius 1 is 1.21 bits per heavy atom. The van der Waals surface area contributed by atoms with Gasteiger partial charge in [-0.1, -0.05) is 31.6 Å². The molecule has 0 aromatic heterocycles. The van der Waals surface area contributed by atoms with Crippen LogP contribution in [-0.4, -0.2) is 14.4 Å². The summed E-state index contributed by atoms with van der Waals surface area (Å²) in [6.07, 6.45) is 7.41. The number of carbonyl (C=O) groups is 1. The first-order valence-electron chi connectivity index (χ1n) is 5.69. The summed E-state index contributed by atoms with van der Waals surface area (Å²) in [5.74, 6) is 0. The highest BCUT2D eigenvalue weighted by atomic mass is 28.3. The maximum atomic E-state index is 11.0. The van der Waals surface area contributed by atoms with Crippen LogP contribution in [0.3, 0.4) is 0 Å². The van der Waals surface area contributed by atoms with Crippen molar-refractivity contribution in [3.05, 3.63) is 11.1 Å². The second kappa shape index (κ2) is 4.92. The Hall–Kier alpha value is -0.373. The predicted octanol–water partition coefficient (Wildman–Crippen LogP) is 3.78. The van der Waals surface area contributed by atoms with Crippen LogP contribution in [0.2, 0.25) is 25.7 Å². The second-order valence-electron chi connectivity index (χ2n) is 5.54. The Morgan fingerprint density at radius 2 is 1.79 bits per heavy atom. The van der Waals surface area contributed by atoms with E-state index >= 15 is 0 Å². The van der Waals surface area contributed by atoms with Gasteiger partial charge in [-0.3, -0.25) is 4.79 Å². The average Bonchev–Trinajstić information content (AvgIpc) is 2.14. The fraction of sp³-hybridized carbons (Fsp3) is 0.750. The number of hydrogen-bond acceptors (Lipinski definition) is 1. The van der Waals surface area contributed by atoms with Crippen LogP contribution >= 0.6 is 0 Å². The van der Waals surface area contributed by atoms with Crippen LogP contribution in [0, 0.1) is 0 Å². The molecule has 0 spiro atoms. The molecule has 2 heteroatoms. The molecule has 80 valence electrons. The van der Waals surface area contributed by atoms with E-state index in [1.165, 1.54) is 37.7 Å². The fourth-order valence-electron chi connectivity index (χ4n) is 2.12. The third-order valence-corrected chi connectivity index (χ3v) is 4.22. The average molecular weight is 210 g/mol. The van der Waals surface area contributed by atoms with Crippen LogP contribution in [0.15, 0.2) is 11.1 Å². The SMILES string of the molecule is C[Si](C)(C)CC(C=O)=C1CCCCC1. The normalized spacial score (nSPS) is 18.1. The van der Waals surface area contributed by atoms with Crippen LogP contribution in [0.1, 0.15) is 32.1 Å². The van der Waals surface area contributed by atoms with E-state index in [4.69, 9.17) is 0 Å². The Balaban J connectivity index is 2.72. The molecule has 0 amide bonds. The third kappa shape index (κ3) is 3.78. The summed E-state index contributed by atoms with van der Waals surface area (Å²) in [6, 6.07) is 1.08. The fourth-order valence-corrected chi connectivity index (χ4v) is 3.60. The summed E-state index contributed by atoms with van der Waals surface area (Å²) in [7, 11) is -1.11. The van der Waals surface area contributed by atoms with E-state index in [1.807, 2.05) is 0 Å². The number of carbonyl (C=O) groups excluding carboxylic acids is 1. The van der Waals surface area contributed by atoms with E-state index < -0.39 is 8.07 Å². The molecule has 1 rings (SSSR count). The lowest BCUT2D eigenvalue weighted by atomic mass is 9.92. The van der Waals surface area contributed by atoms with E-state index in [1.54, 1.807) is 0 Å². The Kier molecular flexibility index (Phi) is 4.11. The van der Waals surface area contributed by atoms with Gasteiger partial charge >= 0.3 is 0 Å². The number of rotatable bonds is 3. The summed E-state index contributed by atoms with van der Waals surface area (Å²) in [5.41, 5.74) is 2.61. The third-order valence-electron chi connectivity index (χ3n) is 2.77. The van der Waals surface area contributed by atoms with E-state index in [0.29, 0.717) is 0 Å². The largest absolute Gasteiger partial charge is 0.298 e. The first-order chi connectivity index (χ1) is 6.53. The monoisotopic (exact) mass is 210 g/mol. The van der Waals surface area contributed by atoms with Gasteiger partial charge in [0.15, 0.2) is 0 Å². The van der Waals surface area contributed by atoms with Crippen molar-refractivity contribution in [1.29, 1.82) is 0 Å². The van der Waals surface area contributed by atoms with Gasteiger partial charge in [0, 0.05) is 8.07 Å². The Morgan fingerprint density at radius 3 is 2.21 bits per heavy atom. The molecule has 0 heterocycles. The van der Waals surface area contributed by atoms with Gasteiger partial charge in [-0.2, -0.15) is 0 Å². The van der Waals surface area contributed by atoms with Gasteiger partial charge < -0.3 is 0 Å². The molecule has 1 aliphatic carbocycles. The van der Waals surface area contributed by atoms with E-state index in [9.17, 15) is 4.79 Å². The lowest BCUT2D eigenvalue weighted by Gasteiger charge is -2.21. The van der Waals surface area contributed by atoms with Gasteiger partial charge in [-0.05, 0) is 37.3 Å². The van der Waals surface area contributed by atoms with Crippen LogP contribution < -0.4 is 0 Å². The smallest absolute Gasteiger partial charge is 0.145 e. The first-order valence-corrected chi connectivity index (χ1v) is 9.40. The van der Waals surface area contributed by atoms with E-state index in [2.05, 4.69) is 19.6 Å². The van der Waals surface area contributed by atoms with E-state index in [-0.39, 0.29) is 0 Å². The van der Waals surface area contributed by atoms with Crippen LogP contribution in [0.5, 0.6) is 0 Å². The van der Waals surface area contributed by atoms with Gasteiger partial charge in [-0.15, -0.1) is 0 Å². The summed E-state index contributed by atoms with van der Waals surface area (Å²) < 4.78 is 0. The molecular formula is C12H22OSi. The molecule has 1 nitrogen and oxygen atoms in total. The highest BCUT2D eigenvalue weighted by Gasteiger charge is 2.18. The van der Waals surface area contributed by atoms with Crippen molar-refractivity contribution in [2.75, 3.05) is 0 Å². The highest BCUT2D eigenvalue weighted by Crippen LogP contribution is 2.28. The van der Waals surface area contributed by atoms with Crippen LogP contribution in [0.25, 0.3) is 0 Å². The molecule has 0 aliphatic heterocycles. The summed E-state index contributed by atoms with van der Waals surface area (Å²) in [4.78, 5) is 11.0. The zero-order valence-corrected chi connectivity index (χ0v) is 10.7. The molecule has 0 aromatic rings. The number of allylic oxidation sites excluding steroid dienone is 2. The molecule has 0 radical (unpaired) electrons. The van der Waals surface area contributed by atoms with Gasteiger partial charge in [0.2, 0.25) is 0 Å². The van der Waals surface area contributed by atoms with Crippen molar-refractivity contribution < 1.29 is 4.79 Å².